The van der Waals surface area contributed by atoms with Crippen LogP contribution in [-0.2, 0) is 14.8 Å². The molecule has 7 nitrogen and oxygen atoms in total. The van der Waals surface area contributed by atoms with Crippen LogP contribution in [0.2, 0.25) is 10.0 Å². The van der Waals surface area contributed by atoms with Gasteiger partial charge in [-0.3, -0.25) is 9.10 Å². The summed E-state index contributed by atoms with van der Waals surface area (Å²) in [7, 11) is -2.52. The van der Waals surface area contributed by atoms with Gasteiger partial charge >= 0.3 is 0 Å². The molecule has 0 bridgehead atoms. The predicted octanol–water partition coefficient (Wildman–Crippen LogP) is 4.66. The molecule has 0 aromatic heterocycles. The summed E-state index contributed by atoms with van der Waals surface area (Å²) in [5.74, 6) is -0.0804. The first-order valence-electron chi connectivity index (χ1n) is 9.71. The summed E-state index contributed by atoms with van der Waals surface area (Å²) in [4.78, 5) is 12.7. The lowest BCUT2D eigenvalue weighted by Crippen LogP contribution is -2.39. The van der Waals surface area contributed by atoms with Crippen molar-refractivity contribution in [2.45, 2.75) is 11.8 Å². The Labute approximate surface area is 202 Å². The van der Waals surface area contributed by atoms with Crippen molar-refractivity contribution in [3.05, 3.63) is 87.9 Å². The number of rotatable bonds is 8. The van der Waals surface area contributed by atoms with Gasteiger partial charge in [0.1, 0.15) is 12.3 Å². The summed E-state index contributed by atoms with van der Waals surface area (Å²) in [6.07, 6.45) is 1.35. The topological polar surface area (TPSA) is 88.1 Å². The van der Waals surface area contributed by atoms with Gasteiger partial charge in [-0.15, -0.1) is 0 Å². The van der Waals surface area contributed by atoms with Gasteiger partial charge < -0.3 is 4.74 Å². The lowest BCUT2D eigenvalue weighted by Gasteiger charge is -2.24. The summed E-state index contributed by atoms with van der Waals surface area (Å²) in [5, 5.41) is 4.71. The molecule has 33 heavy (non-hydrogen) atoms. The van der Waals surface area contributed by atoms with E-state index in [2.05, 4.69) is 10.5 Å². The molecule has 0 atom stereocenters. The summed E-state index contributed by atoms with van der Waals surface area (Å²) in [5.41, 5.74) is 4.10. The number of hydrogen-bond donors (Lipinski definition) is 1. The molecule has 0 heterocycles. The van der Waals surface area contributed by atoms with Crippen molar-refractivity contribution in [3.63, 3.8) is 0 Å². The van der Waals surface area contributed by atoms with Crippen LogP contribution < -0.4 is 14.5 Å². The first kappa shape index (κ1) is 24.6. The molecule has 0 fully saturated rings. The average Bonchev–Trinajstić information content (AvgIpc) is 2.79. The number of hydrogen-bond acceptors (Lipinski definition) is 5. The second kappa shape index (κ2) is 10.7. The van der Waals surface area contributed by atoms with Crippen LogP contribution in [0, 0.1) is 6.92 Å². The lowest BCUT2D eigenvalue weighted by atomic mass is 10.2. The number of carbonyl (C=O) groups excluding carboxylic acids is 1. The molecule has 1 amide bonds. The van der Waals surface area contributed by atoms with Crippen LogP contribution in [0.25, 0.3) is 0 Å². The molecule has 0 aliphatic carbocycles. The maximum atomic E-state index is 13.4. The lowest BCUT2D eigenvalue weighted by molar-refractivity contribution is -0.119. The van der Waals surface area contributed by atoms with E-state index in [9.17, 15) is 13.2 Å². The molecule has 3 aromatic rings. The highest BCUT2D eigenvalue weighted by Crippen LogP contribution is 2.26. The quantitative estimate of drug-likeness (QED) is 0.356. The number of aryl methyl sites for hydroxylation is 1. The van der Waals surface area contributed by atoms with Crippen LogP contribution in [0.1, 0.15) is 11.1 Å². The first-order valence-corrected chi connectivity index (χ1v) is 11.9. The van der Waals surface area contributed by atoms with E-state index in [0.29, 0.717) is 27.0 Å². The minimum atomic E-state index is -4.03. The maximum Gasteiger partial charge on any atom is 0.264 e. The Bertz CT molecular complexity index is 1260. The van der Waals surface area contributed by atoms with Gasteiger partial charge in [-0.1, -0.05) is 47.0 Å². The summed E-state index contributed by atoms with van der Waals surface area (Å²) >= 11 is 12.0. The Morgan fingerprint density at radius 1 is 1.06 bits per heavy atom. The van der Waals surface area contributed by atoms with Crippen LogP contribution >= 0.6 is 23.2 Å². The largest absolute Gasteiger partial charge is 0.497 e. The molecular formula is C23H21Cl2N3O4S. The van der Waals surface area contributed by atoms with Gasteiger partial charge in [-0.25, -0.2) is 13.8 Å². The number of ether oxygens (including phenoxy) is 1. The van der Waals surface area contributed by atoms with E-state index in [4.69, 9.17) is 27.9 Å². The highest BCUT2D eigenvalue weighted by Gasteiger charge is 2.27. The molecule has 0 spiro atoms. The standard InChI is InChI=1S/C23H21Cl2N3O4S/c1-16-3-11-21(12-4-16)33(30,31)28(19-7-9-20(32-2)10-8-19)15-23(29)27-26-14-17-5-6-18(24)13-22(17)25/h3-14H,15H2,1-2H3,(H,27,29)/b26-14-. The minimum Gasteiger partial charge on any atom is -0.497 e. The Balaban J connectivity index is 1.85. The smallest absolute Gasteiger partial charge is 0.264 e. The van der Waals surface area contributed by atoms with Crippen molar-refractivity contribution in [1.82, 2.24) is 5.43 Å². The number of carbonyl (C=O) groups is 1. The Morgan fingerprint density at radius 2 is 1.73 bits per heavy atom. The van der Waals surface area contributed by atoms with E-state index in [-0.39, 0.29) is 4.90 Å². The fraction of sp³-hybridized carbons (Fsp3) is 0.130. The predicted molar refractivity (Wildman–Crippen MR) is 131 cm³/mol. The van der Waals surface area contributed by atoms with Gasteiger partial charge in [0.05, 0.1) is 28.9 Å². The molecule has 172 valence electrons. The van der Waals surface area contributed by atoms with Crippen molar-refractivity contribution in [1.29, 1.82) is 0 Å². The summed E-state index contributed by atoms with van der Waals surface area (Å²) < 4.78 is 32.9. The van der Waals surface area contributed by atoms with Crippen molar-refractivity contribution in [2.75, 3.05) is 18.0 Å². The molecule has 1 N–H and O–H groups in total. The van der Waals surface area contributed by atoms with Crippen molar-refractivity contribution < 1.29 is 17.9 Å². The zero-order valence-corrected chi connectivity index (χ0v) is 20.2. The first-order chi connectivity index (χ1) is 15.7. The van der Waals surface area contributed by atoms with E-state index in [1.807, 2.05) is 6.92 Å². The molecule has 0 aliphatic heterocycles. The van der Waals surface area contributed by atoms with Crippen LogP contribution in [0.15, 0.2) is 76.7 Å². The summed E-state index contributed by atoms with van der Waals surface area (Å²) in [6.45, 7) is 1.37. The van der Waals surface area contributed by atoms with Gasteiger partial charge in [0.2, 0.25) is 0 Å². The van der Waals surface area contributed by atoms with Gasteiger partial charge in [-0.05, 0) is 55.5 Å². The van der Waals surface area contributed by atoms with Gasteiger partial charge in [-0.2, -0.15) is 5.10 Å². The number of nitrogens with one attached hydrogen (secondary N) is 1. The Morgan fingerprint density at radius 3 is 2.33 bits per heavy atom. The number of methoxy groups -OCH3 is 1. The van der Waals surface area contributed by atoms with Crippen molar-refractivity contribution >= 4 is 51.0 Å². The highest BCUT2D eigenvalue weighted by atomic mass is 35.5. The summed E-state index contributed by atoms with van der Waals surface area (Å²) in [6, 6.07) is 17.6. The number of benzene rings is 3. The normalized spacial score (nSPS) is 11.4. The van der Waals surface area contributed by atoms with Crippen LogP contribution in [0.3, 0.4) is 0 Å². The average molecular weight is 506 g/mol. The zero-order valence-electron chi connectivity index (χ0n) is 17.8. The van der Waals surface area contributed by atoms with Crippen molar-refractivity contribution in [2.24, 2.45) is 5.10 Å². The minimum absolute atomic E-state index is 0.0631. The molecule has 3 rings (SSSR count). The molecule has 0 unspecified atom stereocenters. The Kier molecular flexibility index (Phi) is 7.97. The molecule has 0 radical (unpaired) electrons. The SMILES string of the molecule is COc1ccc(N(CC(=O)N/N=C\c2ccc(Cl)cc2Cl)S(=O)(=O)c2ccc(C)cc2)cc1. The second-order valence-corrected chi connectivity index (χ2v) is 9.69. The van der Waals surface area contributed by atoms with Gasteiger partial charge in [0, 0.05) is 10.6 Å². The molecule has 10 heteroatoms. The van der Waals surface area contributed by atoms with Crippen LogP contribution in [0.4, 0.5) is 5.69 Å². The monoisotopic (exact) mass is 505 g/mol. The number of hydrazone groups is 1. The maximum absolute atomic E-state index is 13.4. The van der Waals surface area contributed by atoms with E-state index in [0.717, 1.165) is 9.87 Å². The fourth-order valence-corrected chi connectivity index (χ4v) is 4.73. The van der Waals surface area contributed by atoms with Crippen LogP contribution in [0.5, 0.6) is 5.75 Å². The van der Waals surface area contributed by atoms with E-state index < -0.39 is 22.5 Å². The van der Waals surface area contributed by atoms with E-state index >= 15 is 0 Å². The second-order valence-electron chi connectivity index (χ2n) is 6.98. The van der Waals surface area contributed by atoms with E-state index in [1.165, 1.54) is 25.5 Å². The van der Waals surface area contributed by atoms with Crippen molar-refractivity contribution in [3.8, 4) is 5.75 Å². The molecule has 0 saturated heterocycles. The number of nitrogens with zero attached hydrogens (tertiary/aromatic N) is 2. The third kappa shape index (κ3) is 6.25. The molecule has 0 saturated carbocycles. The number of halogens is 2. The Hall–Kier alpha value is -3.07. The number of anilines is 1. The van der Waals surface area contributed by atoms with Gasteiger partial charge in [0.15, 0.2) is 0 Å². The number of amides is 1. The molecule has 0 aliphatic rings. The van der Waals surface area contributed by atoms with Crippen LogP contribution in [-0.4, -0.2) is 34.2 Å². The third-order valence-corrected chi connectivity index (χ3v) is 6.96. The zero-order chi connectivity index (χ0) is 24.0. The highest BCUT2D eigenvalue weighted by molar-refractivity contribution is 7.92. The third-order valence-electron chi connectivity index (χ3n) is 4.61. The fourth-order valence-electron chi connectivity index (χ4n) is 2.85. The number of sulfonamides is 1. The van der Waals surface area contributed by atoms with E-state index in [1.54, 1.807) is 54.6 Å². The van der Waals surface area contributed by atoms with Gasteiger partial charge in [0.25, 0.3) is 15.9 Å². The molecule has 3 aromatic carbocycles. The molecular weight excluding hydrogens is 485 g/mol.